The fourth-order valence-electron chi connectivity index (χ4n) is 3.81. The van der Waals surface area contributed by atoms with Crippen LogP contribution in [0.25, 0.3) is 11.2 Å². The van der Waals surface area contributed by atoms with E-state index in [9.17, 15) is 13.2 Å². The van der Waals surface area contributed by atoms with E-state index in [0.717, 1.165) is 47.0 Å². The molecule has 2 fully saturated rings. The molecule has 1 aliphatic carbocycles. The number of nitrogens with zero attached hydrogens (tertiary/aromatic N) is 5. The van der Waals surface area contributed by atoms with Crippen LogP contribution < -0.4 is 0 Å². The molecule has 9 heteroatoms. The van der Waals surface area contributed by atoms with Gasteiger partial charge in [-0.3, -0.25) is 4.98 Å². The summed E-state index contributed by atoms with van der Waals surface area (Å²) in [7, 11) is 0. The zero-order valence-electron chi connectivity index (χ0n) is 19.3. The highest BCUT2D eigenvalue weighted by atomic mass is 19.4. The van der Waals surface area contributed by atoms with Gasteiger partial charge in [0.2, 0.25) is 0 Å². The van der Waals surface area contributed by atoms with Gasteiger partial charge in [-0.15, -0.1) is 0 Å². The quantitative estimate of drug-likeness (QED) is 0.458. The molecule has 4 heterocycles. The summed E-state index contributed by atoms with van der Waals surface area (Å²) in [5.74, 6) is 0.571. The van der Waals surface area contributed by atoms with Crippen molar-refractivity contribution in [2.45, 2.75) is 78.0 Å². The van der Waals surface area contributed by atoms with Gasteiger partial charge in [-0.2, -0.15) is 13.2 Å². The highest BCUT2D eigenvalue weighted by Gasteiger charge is 2.24. The van der Waals surface area contributed by atoms with Gasteiger partial charge >= 0.3 is 6.68 Å². The molecule has 0 radical (unpaired) electrons. The lowest BCUT2D eigenvalue weighted by Gasteiger charge is -2.25. The van der Waals surface area contributed by atoms with Crippen LogP contribution in [-0.2, 0) is 4.74 Å². The second-order valence-corrected chi connectivity index (χ2v) is 8.29. The van der Waals surface area contributed by atoms with Gasteiger partial charge in [0.25, 0.3) is 0 Å². The Kier molecular flexibility index (Phi) is 9.05. The Bertz CT molecular complexity index is 1040. The zero-order chi connectivity index (χ0) is 23.8. The van der Waals surface area contributed by atoms with Crippen LogP contribution in [0.15, 0.2) is 24.7 Å². The van der Waals surface area contributed by atoms with E-state index in [2.05, 4.69) is 37.1 Å². The van der Waals surface area contributed by atoms with Crippen molar-refractivity contribution in [2.75, 3.05) is 6.61 Å². The number of hydrogen-bond acceptors (Lipinski definition) is 6. The molecule has 2 aliphatic rings. The van der Waals surface area contributed by atoms with Gasteiger partial charge in [0.15, 0.2) is 5.65 Å². The number of rotatable bonds is 2. The minimum absolute atomic E-state index is 0.315. The van der Waals surface area contributed by atoms with E-state index < -0.39 is 6.68 Å². The Morgan fingerprint density at radius 3 is 2.24 bits per heavy atom. The first-order valence-corrected chi connectivity index (χ1v) is 11.3. The maximum Gasteiger partial charge on any atom is 0.379 e. The molecule has 5 rings (SSSR count). The van der Waals surface area contributed by atoms with Crippen LogP contribution in [0.5, 0.6) is 0 Å². The van der Waals surface area contributed by atoms with Crippen molar-refractivity contribution in [1.29, 1.82) is 0 Å². The van der Waals surface area contributed by atoms with Crippen LogP contribution in [0.1, 0.15) is 78.9 Å². The first-order chi connectivity index (χ1) is 15.8. The van der Waals surface area contributed by atoms with Crippen molar-refractivity contribution in [2.24, 2.45) is 0 Å². The molecule has 3 aromatic rings. The van der Waals surface area contributed by atoms with Crippen molar-refractivity contribution in [3.63, 3.8) is 0 Å². The molecule has 0 spiro atoms. The van der Waals surface area contributed by atoms with E-state index >= 15 is 0 Å². The summed E-state index contributed by atoms with van der Waals surface area (Å²) < 4.78 is 34.7. The van der Waals surface area contributed by atoms with E-state index in [0.29, 0.717) is 12.0 Å². The largest absolute Gasteiger partial charge is 0.379 e. The number of halogens is 3. The summed E-state index contributed by atoms with van der Waals surface area (Å²) in [6.07, 6.45) is 11.2. The molecule has 1 aliphatic heterocycles. The third-order valence-corrected chi connectivity index (χ3v) is 5.87. The molecule has 0 bridgehead atoms. The summed E-state index contributed by atoms with van der Waals surface area (Å²) in [4.78, 5) is 21.8. The highest BCUT2D eigenvalue weighted by Crippen LogP contribution is 2.37. The van der Waals surface area contributed by atoms with Crippen molar-refractivity contribution < 1.29 is 17.9 Å². The second kappa shape index (κ2) is 12.0. The summed E-state index contributed by atoms with van der Waals surface area (Å²) in [5.41, 5.74) is 7.01. The Hall–Kier alpha value is -2.68. The Morgan fingerprint density at radius 1 is 0.909 bits per heavy atom. The molecule has 1 saturated heterocycles. The molecule has 1 saturated carbocycles. The van der Waals surface area contributed by atoms with Crippen LogP contribution in [0, 0.1) is 20.8 Å². The van der Waals surface area contributed by atoms with Crippen molar-refractivity contribution >= 4 is 11.2 Å². The summed E-state index contributed by atoms with van der Waals surface area (Å²) in [6, 6.07) is 4.18. The van der Waals surface area contributed by atoms with Gasteiger partial charge in [0.1, 0.15) is 11.8 Å². The van der Waals surface area contributed by atoms with E-state index in [1.165, 1.54) is 37.7 Å². The number of alkyl halides is 3. The fourth-order valence-corrected chi connectivity index (χ4v) is 3.81. The Balaban J connectivity index is 0.000000163. The normalized spacial score (nSPS) is 18.1. The van der Waals surface area contributed by atoms with Crippen LogP contribution in [-0.4, -0.2) is 38.2 Å². The SMILES string of the molecule is Cc1cc(C2CCCCO2)ccn1.Cc1nc2ncnc(C3CCC3)c2nc1C.FC(F)F. The van der Waals surface area contributed by atoms with Gasteiger partial charge in [-0.25, -0.2) is 19.9 Å². The summed E-state index contributed by atoms with van der Waals surface area (Å²) >= 11 is 0. The van der Waals surface area contributed by atoms with Gasteiger partial charge < -0.3 is 4.74 Å². The van der Waals surface area contributed by atoms with Gasteiger partial charge in [0.05, 0.1) is 23.2 Å². The molecule has 0 N–H and O–H groups in total. The fraction of sp³-hybridized carbons (Fsp3) is 0.542. The summed E-state index contributed by atoms with van der Waals surface area (Å²) in [6.45, 7) is 3.21. The minimum Gasteiger partial charge on any atom is -0.374 e. The number of hydrogen-bond donors (Lipinski definition) is 0. The predicted molar refractivity (Wildman–Crippen MR) is 120 cm³/mol. The van der Waals surface area contributed by atoms with Gasteiger partial charge in [-0.05, 0) is 70.6 Å². The molecule has 1 unspecified atom stereocenters. The van der Waals surface area contributed by atoms with E-state index in [4.69, 9.17) is 4.74 Å². The van der Waals surface area contributed by atoms with Gasteiger partial charge in [0, 0.05) is 24.4 Å². The molecular formula is C24H30F3N5O. The lowest BCUT2D eigenvalue weighted by atomic mass is 9.82. The van der Waals surface area contributed by atoms with Gasteiger partial charge in [-0.1, -0.05) is 6.42 Å². The van der Waals surface area contributed by atoms with Crippen LogP contribution >= 0.6 is 0 Å². The average molecular weight is 462 g/mol. The molecule has 178 valence electrons. The average Bonchev–Trinajstić information content (AvgIpc) is 2.75. The van der Waals surface area contributed by atoms with E-state index in [1.54, 1.807) is 6.33 Å². The molecule has 33 heavy (non-hydrogen) atoms. The molecule has 3 aromatic heterocycles. The lowest BCUT2D eigenvalue weighted by molar-refractivity contribution is 0.00818. The first kappa shape index (κ1) is 25.0. The molecular weight excluding hydrogens is 431 g/mol. The van der Waals surface area contributed by atoms with Crippen LogP contribution in [0.4, 0.5) is 13.2 Å². The second-order valence-electron chi connectivity index (χ2n) is 8.29. The molecule has 6 nitrogen and oxygen atoms in total. The molecule has 1 atom stereocenters. The monoisotopic (exact) mass is 461 g/mol. The van der Waals surface area contributed by atoms with Crippen molar-refractivity contribution in [3.8, 4) is 0 Å². The Labute approximate surface area is 192 Å². The van der Waals surface area contributed by atoms with E-state index in [-0.39, 0.29) is 0 Å². The number of fused-ring (bicyclic) bond motifs is 1. The highest BCUT2D eigenvalue weighted by molar-refractivity contribution is 5.73. The minimum atomic E-state index is -3.67. The van der Waals surface area contributed by atoms with Crippen LogP contribution in [0.2, 0.25) is 0 Å². The predicted octanol–water partition coefficient (Wildman–Crippen LogP) is 6.11. The van der Waals surface area contributed by atoms with E-state index in [1.807, 2.05) is 27.0 Å². The van der Waals surface area contributed by atoms with Crippen molar-refractivity contribution in [3.05, 3.63) is 53.0 Å². The maximum absolute atomic E-state index is 9.67. The standard InChI is InChI=1S/C12H14N4.C11H15NO.CHF3/c1-7-8(2)16-12-11(15-7)10(13-6-14-12)9-4-3-5-9;1-9-8-10(5-6-12-9)11-4-2-3-7-13-11;2-1(3)4/h6,9H,3-5H2,1-2H3;5-6,8,11H,2-4,7H2,1H3;1H. The third kappa shape index (κ3) is 7.15. The lowest BCUT2D eigenvalue weighted by Crippen LogP contribution is -2.12. The molecule has 0 aromatic carbocycles. The summed E-state index contributed by atoms with van der Waals surface area (Å²) in [5, 5.41) is 0. The number of aryl methyl sites for hydroxylation is 3. The third-order valence-electron chi connectivity index (χ3n) is 5.87. The van der Waals surface area contributed by atoms with Crippen LogP contribution in [0.3, 0.4) is 0 Å². The first-order valence-electron chi connectivity index (χ1n) is 11.3. The van der Waals surface area contributed by atoms with Crippen molar-refractivity contribution in [1.82, 2.24) is 24.9 Å². The number of aromatic nitrogens is 5. The zero-order valence-corrected chi connectivity index (χ0v) is 19.3. The maximum atomic E-state index is 9.67. The topological polar surface area (TPSA) is 73.7 Å². The molecule has 0 amide bonds. The number of ether oxygens (including phenoxy) is 1. The number of pyridine rings is 1. The Morgan fingerprint density at radius 2 is 1.64 bits per heavy atom. The smallest absolute Gasteiger partial charge is 0.374 e.